The summed E-state index contributed by atoms with van der Waals surface area (Å²) in [6.45, 7) is 6.61. The fraction of sp³-hybridized carbons (Fsp3) is 0.278. The maximum atomic E-state index is 5.93. The van der Waals surface area contributed by atoms with Crippen LogP contribution in [-0.4, -0.2) is 35.4 Å². The van der Waals surface area contributed by atoms with Gasteiger partial charge in [0.05, 0.1) is 0 Å². The summed E-state index contributed by atoms with van der Waals surface area (Å²) in [4.78, 5) is 3.50. The van der Waals surface area contributed by atoms with Crippen LogP contribution < -0.4 is 0 Å². The van der Waals surface area contributed by atoms with Gasteiger partial charge in [-0.15, -0.1) is 0 Å². The predicted octanol–water partition coefficient (Wildman–Crippen LogP) is 1.55. The molecule has 0 spiro atoms. The average Bonchev–Trinajstić information content (AvgIpc) is 3.14. The van der Waals surface area contributed by atoms with Crippen LogP contribution >= 0.6 is 0 Å². The first kappa shape index (κ1) is 17.0. The Kier molecular flexibility index (Phi) is 4.67. The summed E-state index contributed by atoms with van der Waals surface area (Å²) in [7, 11) is 6.71. The molecule has 2 aromatic heterocycles. The molecular weight excluding hydrogens is 289 g/mol. The molecule has 2 heterocycles. The second-order valence-electron chi connectivity index (χ2n) is 7.58. The Bertz CT molecular complexity index is 845. The summed E-state index contributed by atoms with van der Waals surface area (Å²) in [6, 6.07) is 10.6. The third-order valence-electron chi connectivity index (χ3n) is 4.55. The number of rotatable bonds is 5. The molecule has 3 rings (SSSR count). The summed E-state index contributed by atoms with van der Waals surface area (Å²) in [6.07, 6.45) is 4.13. The van der Waals surface area contributed by atoms with Crippen LogP contribution in [0, 0.1) is 6.92 Å². The van der Waals surface area contributed by atoms with E-state index in [0.29, 0.717) is 0 Å². The van der Waals surface area contributed by atoms with Crippen LogP contribution in [0.15, 0.2) is 41.0 Å². The van der Waals surface area contributed by atoms with E-state index < -0.39 is 0 Å². The van der Waals surface area contributed by atoms with Crippen LogP contribution in [0.5, 0.6) is 0 Å². The third kappa shape index (κ3) is 3.33. The van der Waals surface area contributed by atoms with Crippen LogP contribution in [-0.2, 0) is 11.5 Å². The minimum atomic E-state index is 0.0842. The van der Waals surface area contributed by atoms with Crippen molar-refractivity contribution in [3.05, 3.63) is 53.3 Å². The van der Waals surface area contributed by atoms with Crippen molar-refractivity contribution in [2.24, 2.45) is 0 Å². The predicted molar refractivity (Wildman–Crippen MR) is 111 cm³/mol. The molecule has 1 N–H and O–H groups in total. The van der Waals surface area contributed by atoms with Crippen molar-refractivity contribution in [2.45, 2.75) is 31.8 Å². The van der Waals surface area contributed by atoms with Crippen LogP contribution in [0.25, 0.3) is 22.5 Å². The number of nitrogens with one attached hydrogen (secondary N) is 1. The van der Waals surface area contributed by atoms with Crippen molar-refractivity contribution in [3.63, 3.8) is 0 Å². The monoisotopic (exact) mass is 313 g/mol. The van der Waals surface area contributed by atoms with Crippen LogP contribution in [0.1, 0.15) is 30.1 Å². The van der Waals surface area contributed by atoms with Crippen LogP contribution in [0.3, 0.4) is 0 Å². The van der Waals surface area contributed by atoms with E-state index in [4.69, 9.17) is 4.42 Å². The Balaban J connectivity index is 1.99. The molecule has 0 saturated heterocycles. The molecule has 2 nitrogen and oxygen atoms in total. The van der Waals surface area contributed by atoms with Crippen LogP contribution in [0.4, 0.5) is 0 Å². The zero-order valence-corrected chi connectivity index (χ0v) is 15.4. The summed E-state index contributed by atoms with van der Waals surface area (Å²) < 4.78 is 5.93. The molecule has 3 aromatic rings. The number of hydrogen-bond acceptors (Lipinski definition) is 1. The van der Waals surface area contributed by atoms with Gasteiger partial charge in [-0.05, 0) is 0 Å². The fourth-order valence-corrected chi connectivity index (χ4v) is 3.26. The first-order valence-corrected chi connectivity index (χ1v) is 8.77. The van der Waals surface area contributed by atoms with Crippen molar-refractivity contribution in [3.8, 4) is 22.5 Å². The van der Waals surface area contributed by atoms with E-state index >= 15 is 0 Å². The SMILES string of the molecule is BC(B)(B)c1ccccc1-c1cc(-c2bc(CCC)c(C)[nH]2)co1. The number of furan rings is 1. The summed E-state index contributed by atoms with van der Waals surface area (Å²) in [5.41, 5.74) is 7.38. The van der Waals surface area contributed by atoms with Crippen molar-refractivity contribution < 1.29 is 4.42 Å². The number of hydrogen-bond donors (Lipinski definition) is 1. The topological polar surface area (TPSA) is 28.9 Å². The zero-order chi connectivity index (χ0) is 17.3. The number of benzene rings is 1. The van der Waals surface area contributed by atoms with E-state index in [2.05, 4.69) is 79.6 Å². The van der Waals surface area contributed by atoms with Gasteiger partial charge in [0, 0.05) is 0 Å². The van der Waals surface area contributed by atoms with Gasteiger partial charge in [0.1, 0.15) is 0 Å². The van der Waals surface area contributed by atoms with Gasteiger partial charge in [0.15, 0.2) is 0 Å². The summed E-state index contributed by atoms with van der Waals surface area (Å²) in [5.74, 6) is 0.930. The summed E-state index contributed by atoms with van der Waals surface area (Å²) in [5, 5.41) is 0.0842. The molecule has 0 radical (unpaired) electrons. The van der Waals surface area contributed by atoms with Crippen molar-refractivity contribution in [2.75, 3.05) is 0 Å². The van der Waals surface area contributed by atoms with Gasteiger partial charge in [-0.2, -0.15) is 0 Å². The molecule has 1 aromatic carbocycles. The molecule has 0 aliphatic rings. The molecule has 0 bridgehead atoms. The molecule has 24 heavy (non-hydrogen) atoms. The first-order chi connectivity index (χ1) is 11.4. The van der Waals surface area contributed by atoms with E-state index in [1.54, 1.807) is 0 Å². The Hall–Kier alpha value is -1.83. The first-order valence-electron chi connectivity index (χ1n) is 8.77. The summed E-state index contributed by atoms with van der Waals surface area (Å²) >= 11 is 0. The van der Waals surface area contributed by atoms with Crippen molar-refractivity contribution in [1.82, 2.24) is 4.98 Å². The van der Waals surface area contributed by atoms with Crippen molar-refractivity contribution in [1.29, 1.82) is 0 Å². The average molecular weight is 313 g/mol. The molecule has 6 heteroatoms. The van der Waals surface area contributed by atoms with E-state index in [1.807, 2.05) is 6.26 Å². The van der Waals surface area contributed by atoms with Gasteiger partial charge in [-0.25, -0.2) is 0 Å². The molecule has 118 valence electrons. The number of aromatic amines is 1. The van der Waals surface area contributed by atoms with Gasteiger partial charge in [-0.3, -0.25) is 0 Å². The molecular formula is C18H23B4NO. The Labute approximate surface area is 147 Å². The standard InChI is InChI=1S/C18H23B4NO/c1-3-6-15-11(2)23-17(22-15)12-9-16(24-10-12)13-7-4-5-8-14(13)18(19,20)21/h4-5,7-10,23H,3,6,19-21H2,1-2H3. The van der Waals surface area contributed by atoms with E-state index in [-0.39, 0.29) is 5.11 Å². The second kappa shape index (κ2) is 6.58. The van der Waals surface area contributed by atoms with E-state index in [0.717, 1.165) is 29.8 Å². The zero-order valence-electron chi connectivity index (χ0n) is 15.4. The molecule has 0 amide bonds. The Morgan fingerprint density at radius 2 is 1.96 bits per heavy atom. The van der Waals surface area contributed by atoms with Gasteiger partial charge >= 0.3 is 147 Å². The molecule has 0 unspecified atom stereocenters. The maximum absolute atomic E-state index is 5.93. The number of aromatic nitrogens is 1. The Morgan fingerprint density at radius 3 is 2.67 bits per heavy atom. The fourth-order valence-electron chi connectivity index (χ4n) is 3.26. The molecule has 0 atom stereocenters. The molecule has 0 fully saturated rings. The van der Waals surface area contributed by atoms with Crippen LogP contribution in [0.2, 0.25) is 0 Å². The van der Waals surface area contributed by atoms with Gasteiger partial charge in [-0.1, -0.05) is 0 Å². The molecule has 0 saturated carbocycles. The van der Waals surface area contributed by atoms with Crippen molar-refractivity contribution >= 4 is 30.4 Å². The quantitative estimate of drug-likeness (QED) is 0.712. The second-order valence-corrected chi connectivity index (χ2v) is 7.58. The normalized spacial score (nSPS) is 11.6. The van der Waals surface area contributed by atoms with E-state index in [1.165, 1.54) is 22.3 Å². The van der Waals surface area contributed by atoms with E-state index in [9.17, 15) is 0 Å². The minimum absolute atomic E-state index is 0.0842. The molecule has 0 aliphatic heterocycles. The molecule has 0 aliphatic carbocycles. The number of H-pyrrole nitrogens is 1. The van der Waals surface area contributed by atoms with Gasteiger partial charge in [0.25, 0.3) is 0 Å². The van der Waals surface area contributed by atoms with Gasteiger partial charge < -0.3 is 0 Å². The van der Waals surface area contributed by atoms with Gasteiger partial charge in [0.2, 0.25) is 0 Å². The third-order valence-corrected chi connectivity index (χ3v) is 4.55. The Morgan fingerprint density at radius 1 is 1.21 bits per heavy atom. The number of aryl methyl sites for hydroxylation is 2.